The standard InChI is InChI=1S/C18H25N3O3S/c1-12(2)16-11-15(20-21(16)18(3,4)5)17(22)19-13-8-7-9-14(10-13)25(6,23)24/h7-12H,1-6H3,(H,19,22). The van der Waals surface area contributed by atoms with Crippen LogP contribution >= 0.6 is 0 Å². The van der Waals surface area contributed by atoms with Gasteiger partial charge in [0.2, 0.25) is 0 Å². The van der Waals surface area contributed by atoms with Crippen LogP contribution in [0.4, 0.5) is 5.69 Å². The van der Waals surface area contributed by atoms with Crippen molar-refractivity contribution in [1.82, 2.24) is 9.78 Å². The molecule has 0 atom stereocenters. The SMILES string of the molecule is CC(C)c1cc(C(=O)Nc2cccc(S(C)(=O)=O)c2)nn1C(C)(C)C. The van der Waals surface area contributed by atoms with Crippen molar-refractivity contribution in [2.45, 2.75) is 51.0 Å². The fourth-order valence-electron chi connectivity index (χ4n) is 2.45. The van der Waals surface area contributed by atoms with Crippen molar-refractivity contribution in [2.24, 2.45) is 0 Å². The summed E-state index contributed by atoms with van der Waals surface area (Å²) in [7, 11) is -3.33. The maximum absolute atomic E-state index is 12.6. The van der Waals surface area contributed by atoms with Crippen LogP contribution in [0.25, 0.3) is 0 Å². The minimum Gasteiger partial charge on any atom is -0.321 e. The van der Waals surface area contributed by atoms with Gasteiger partial charge in [-0.3, -0.25) is 9.48 Å². The van der Waals surface area contributed by atoms with Gasteiger partial charge < -0.3 is 5.32 Å². The van der Waals surface area contributed by atoms with Gasteiger partial charge in [-0.1, -0.05) is 19.9 Å². The highest BCUT2D eigenvalue weighted by molar-refractivity contribution is 7.90. The van der Waals surface area contributed by atoms with Crippen molar-refractivity contribution in [2.75, 3.05) is 11.6 Å². The van der Waals surface area contributed by atoms with E-state index in [1.165, 1.54) is 12.1 Å². The Morgan fingerprint density at radius 2 is 1.84 bits per heavy atom. The largest absolute Gasteiger partial charge is 0.321 e. The topological polar surface area (TPSA) is 81.1 Å². The van der Waals surface area contributed by atoms with Gasteiger partial charge in [0, 0.05) is 17.6 Å². The number of sulfone groups is 1. The summed E-state index contributed by atoms with van der Waals surface area (Å²) in [6, 6.07) is 7.97. The Labute approximate surface area is 149 Å². The van der Waals surface area contributed by atoms with Crippen molar-refractivity contribution in [3.05, 3.63) is 41.7 Å². The zero-order chi connectivity index (χ0) is 19.0. The second-order valence-corrected chi connectivity index (χ2v) is 9.46. The first-order valence-electron chi connectivity index (χ1n) is 8.11. The lowest BCUT2D eigenvalue weighted by molar-refractivity contribution is 0.102. The molecular weight excluding hydrogens is 338 g/mol. The zero-order valence-corrected chi connectivity index (χ0v) is 16.3. The van der Waals surface area contributed by atoms with Gasteiger partial charge in [0.1, 0.15) is 0 Å². The number of hydrogen-bond acceptors (Lipinski definition) is 4. The number of carbonyl (C=O) groups is 1. The van der Waals surface area contributed by atoms with Gasteiger partial charge in [0.15, 0.2) is 15.5 Å². The van der Waals surface area contributed by atoms with E-state index in [4.69, 9.17) is 0 Å². The van der Waals surface area contributed by atoms with E-state index in [9.17, 15) is 13.2 Å². The van der Waals surface area contributed by atoms with Gasteiger partial charge >= 0.3 is 0 Å². The number of anilines is 1. The van der Waals surface area contributed by atoms with Crippen LogP contribution in [-0.2, 0) is 15.4 Å². The third kappa shape index (κ3) is 4.48. The molecule has 0 fully saturated rings. The summed E-state index contributed by atoms with van der Waals surface area (Å²) in [5.41, 5.74) is 1.46. The molecule has 0 aliphatic carbocycles. The fourth-order valence-corrected chi connectivity index (χ4v) is 3.12. The van der Waals surface area contributed by atoms with Gasteiger partial charge in [-0.15, -0.1) is 0 Å². The van der Waals surface area contributed by atoms with E-state index in [-0.39, 0.29) is 22.3 Å². The number of rotatable bonds is 4. The third-order valence-electron chi connectivity index (χ3n) is 3.72. The lowest BCUT2D eigenvalue weighted by Gasteiger charge is -2.23. The van der Waals surface area contributed by atoms with E-state index in [1.807, 2.05) is 25.5 Å². The molecule has 0 bridgehead atoms. The number of nitrogens with one attached hydrogen (secondary N) is 1. The zero-order valence-electron chi connectivity index (χ0n) is 15.5. The van der Waals surface area contributed by atoms with Crippen LogP contribution in [0.2, 0.25) is 0 Å². The molecule has 1 heterocycles. The van der Waals surface area contributed by atoms with Crippen LogP contribution in [0.5, 0.6) is 0 Å². The van der Waals surface area contributed by atoms with E-state index in [0.29, 0.717) is 11.4 Å². The summed E-state index contributed by atoms with van der Waals surface area (Å²) in [4.78, 5) is 12.7. The molecule has 0 saturated heterocycles. The molecule has 1 amide bonds. The average molecular weight is 363 g/mol. The van der Waals surface area contributed by atoms with Gasteiger partial charge in [-0.25, -0.2) is 8.42 Å². The summed E-state index contributed by atoms with van der Waals surface area (Å²) in [5, 5.41) is 7.18. The molecule has 0 radical (unpaired) electrons. The van der Waals surface area contributed by atoms with Crippen molar-refractivity contribution < 1.29 is 13.2 Å². The Morgan fingerprint density at radius 3 is 2.32 bits per heavy atom. The molecule has 0 aliphatic heterocycles. The first kappa shape index (κ1) is 19.2. The van der Waals surface area contributed by atoms with Crippen LogP contribution in [0.15, 0.2) is 35.2 Å². The lowest BCUT2D eigenvalue weighted by atomic mass is 10.1. The fraction of sp³-hybridized carbons (Fsp3) is 0.444. The monoisotopic (exact) mass is 363 g/mol. The Balaban J connectivity index is 2.34. The Hall–Kier alpha value is -2.15. The predicted molar refractivity (Wildman–Crippen MR) is 98.8 cm³/mol. The molecule has 1 aromatic carbocycles. The maximum atomic E-state index is 12.6. The normalized spacial score (nSPS) is 12.4. The van der Waals surface area contributed by atoms with E-state index in [0.717, 1.165) is 11.9 Å². The van der Waals surface area contributed by atoms with Crippen molar-refractivity contribution in [3.8, 4) is 0 Å². The number of nitrogens with zero attached hydrogens (tertiary/aromatic N) is 2. The number of carbonyl (C=O) groups excluding carboxylic acids is 1. The van der Waals surface area contributed by atoms with E-state index >= 15 is 0 Å². The average Bonchev–Trinajstić information content (AvgIpc) is 2.92. The van der Waals surface area contributed by atoms with Gasteiger partial charge in [-0.2, -0.15) is 5.10 Å². The predicted octanol–water partition coefficient (Wildman–Crippen LogP) is 3.42. The molecule has 7 heteroatoms. The first-order chi connectivity index (χ1) is 11.4. The van der Waals surface area contributed by atoms with E-state index < -0.39 is 9.84 Å². The highest BCUT2D eigenvalue weighted by atomic mass is 32.2. The number of hydrogen-bond donors (Lipinski definition) is 1. The molecule has 2 aromatic rings. The lowest BCUT2D eigenvalue weighted by Crippen LogP contribution is -2.26. The molecule has 25 heavy (non-hydrogen) atoms. The molecule has 0 spiro atoms. The molecule has 0 unspecified atom stereocenters. The van der Waals surface area contributed by atoms with Crippen LogP contribution in [-0.4, -0.2) is 30.4 Å². The smallest absolute Gasteiger partial charge is 0.276 e. The highest BCUT2D eigenvalue weighted by Crippen LogP contribution is 2.24. The number of amides is 1. The van der Waals surface area contributed by atoms with Crippen molar-refractivity contribution in [3.63, 3.8) is 0 Å². The molecule has 1 aromatic heterocycles. The Morgan fingerprint density at radius 1 is 1.20 bits per heavy atom. The second-order valence-electron chi connectivity index (χ2n) is 7.45. The van der Waals surface area contributed by atoms with Crippen LogP contribution in [0, 0.1) is 0 Å². The van der Waals surface area contributed by atoms with Crippen molar-refractivity contribution in [1.29, 1.82) is 0 Å². The van der Waals surface area contributed by atoms with Gasteiger partial charge in [0.05, 0.1) is 10.4 Å². The van der Waals surface area contributed by atoms with Gasteiger partial charge in [-0.05, 0) is 51.0 Å². The molecular formula is C18H25N3O3S. The van der Waals surface area contributed by atoms with E-state index in [1.54, 1.807) is 18.2 Å². The molecule has 1 N–H and O–H groups in total. The van der Waals surface area contributed by atoms with Crippen molar-refractivity contribution >= 4 is 21.4 Å². The second kappa shape index (κ2) is 6.63. The number of aromatic nitrogens is 2. The summed E-state index contributed by atoms with van der Waals surface area (Å²) < 4.78 is 25.2. The summed E-state index contributed by atoms with van der Waals surface area (Å²) >= 11 is 0. The van der Waals surface area contributed by atoms with E-state index in [2.05, 4.69) is 24.3 Å². The maximum Gasteiger partial charge on any atom is 0.276 e. The highest BCUT2D eigenvalue weighted by Gasteiger charge is 2.23. The molecule has 2 rings (SSSR count). The minimum absolute atomic E-state index is 0.161. The Bertz CT molecular complexity index is 891. The summed E-state index contributed by atoms with van der Waals surface area (Å²) in [6.07, 6.45) is 1.13. The third-order valence-corrected chi connectivity index (χ3v) is 4.83. The minimum atomic E-state index is -3.33. The van der Waals surface area contributed by atoms with Crippen LogP contribution in [0.1, 0.15) is 56.7 Å². The molecule has 0 saturated carbocycles. The quantitative estimate of drug-likeness (QED) is 0.902. The molecule has 136 valence electrons. The summed E-state index contributed by atoms with van der Waals surface area (Å²) in [5.74, 6) is -0.141. The molecule has 0 aliphatic rings. The molecule has 6 nitrogen and oxygen atoms in total. The first-order valence-corrected chi connectivity index (χ1v) is 10.0. The number of benzene rings is 1. The van der Waals surface area contributed by atoms with Crippen LogP contribution in [0.3, 0.4) is 0 Å². The summed E-state index contributed by atoms with van der Waals surface area (Å²) in [6.45, 7) is 10.2. The Kier molecular flexibility index (Phi) is 5.09. The van der Waals surface area contributed by atoms with Gasteiger partial charge in [0.25, 0.3) is 5.91 Å². The van der Waals surface area contributed by atoms with Crippen LogP contribution < -0.4 is 5.32 Å².